The molecule has 1 aromatic heterocycles. The van der Waals surface area contributed by atoms with Gasteiger partial charge in [-0.25, -0.2) is 4.98 Å². The fraction of sp³-hybridized carbons (Fsp3) is 0.700. The van der Waals surface area contributed by atoms with Crippen LogP contribution in [-0.2, 0) is 9.47 Å². The number of rotatable bonds is 3. The van der Waals surface area contributed by atoms with E-state index < -0.39 is 5.79 Å². The van der Waals surface area contributed by atoms with E-state index in [9.17, 15) is 4.79 Å². The van der Waals surface area contributed by atoms with Crippen molar-refractivity contribution >= 4 is 5.91 Å². The molecule has 2 heterocycles. The van der Waals surface area contributed by atoms with Crippen molar-refractivity contribution in [3.63, 3.8) is 0 Å². The highest BCUT2D eigenvalue weighted by Crippen LogP contribution is 2.21. The van der Waals surface area contributed by atoms with Crippen LogP contribution >= 0.6 is 0 Å². The first kappa shape index (κ1) is 12.0. The molecule has 7 heteroatoms. The molecular weight excluding hydrogens is 224 g/mol. The van der Waals surface area contributed by atoms with Gasteiger partial charge >= 0.3 is 0 Å². The van der Waals surface area contributed by atoms with Crippen molar-refractivity contribution in [3.05, 3.63) is 11.6 Å². The van der Waals surface area contributed by atoms with Crippen molar-refractivity contribution in [3.8, 4) is 0 Å². The van der Waals surface area contributed by atoms with Gasteiger partial charge in [0.25, 0.3) is 5.91 Å². The Hall–Kier alpha value is -1.47. The van der Waals surface area contributed by atoms with E-state index in [1.165, 1.54) is 0 Å². The number of carbonyl (C=O) groups is 1. The van der Waals surface area contributed by atoms with Crippen molar-refractivity contribution in [2.75, 3.05) is 13.2 Å². The Morgan fingerprint density at radius 3 is 2.94 bits per heavy atom. The lowest BCUT2D eigenvalue weighted by Crippen LogP contribution is -2.34. The van der Waals surface area contributed by atoms with Gasteiger partial charge in [0, 0.05) is 6.54 Å². The summed E-state index contributed by atoms with van der Waals surface area (Å²) in [6, 6.07) is 0. The first-order chi connectivity index (χ1) is 7.96. The van der Waals surface area contributed by atoms with E-state index in [4.69, 9.17) is 9.47 Å². The molecule has 1 aliphatic rings. The molecule has 1 aliphatic heterocycles. The number of H-pyrrole nitrogens is 1. The van der Waals surface area contributed by atoms with Crippen molar-refractivity contribution in [2.45, 2.75) is 32.7 Å². The zero-order chi connectivity index (χ0) is 12.5. The minimum atomic E-state index is -0.573. The van der Waals surface area contributed by atoms with Gasteiger partial charge in [-0.05, 0) is 20.8 Å². The lowest BCUT2D eigenvalue weighted by atomic mass is 10.3. The fourth-order valence-corrected chi connectivity index (χ4v) is 1.59. The lowest BCUT2D eigenvalue weighted by Gasteiger charge is -2.17. The third-order valence-electron chi connectivity index (χ3n) is 2.36. The van der Waals surface area contributed by atoms with Crippen LogP contribution in [0.15, 0.2) is 0 Å². The minimum absolute atomic E-state index is 0.131. The Morgan fingerprint density at radius 1 is 1.65 bits per heavy atom. The highest BCUT2D eigenvalue weighted by Gasteiger charge is 2.32. The highest BCUT2D eigenvalue weighted by atomic mass is 16.7. The molecule has 0 bridgehead atoms. The zero-order valence-corrected chi connectivity index (χ0v) is 10.1. The number of nitrogens with one attached hydrogen (secondary N) is 2. The van der Waals surface area contributed by atoms with Crippen LogP contribution < -0.4 is 5.32 Å². The van der Waals surface area contributed by atoms with E-state index in [1.54, 1.807) is 6.92 Å². The van der Waals surface area contributed by atoms with Crippen LogP contribution in [0.5, 0.6) is 0 Å². The Kier molecular flexibility index (Phi) is 3.12. The van der Waals surface area contributed by atoms with Gasteiger partial charge in [0.2, 0.25) is 5.82 Å². The molecule has 17 heavy (non-hydrogen) atoms. The van der Waals surface area contributed by atoms with Crippen LogP contribution in [0.2, 0.25) is 0 Å². The molecule has 1 amide bonds. The second-order valence-corrected chi connectivity index (χ2v) is 4.41. The monoisotopic (exact) mass is 240 g/mol. The predicted molar refractivity (Wildman–Crippen MR) is 58.4 cm³/mol. The minimum Gasteiger partial charge on any atom is -0.348 e. The molecule has 1 fully saturated rings. The van der Waals surface area contributed by atoms with Crippen LogP contribution in [0.4, 0.5) is 0 Å². The second kappa shape index (κ2) is 4.42. The van der Waals surface area contributed by atoms with Crippen molar-refractivity contribution in [1.82, 2.24) is 20.5 Å². The Balaban J connectivity index is 1.81. The summed E-state index contributed by atoms with van der Waals surface area (Å²) in [4.78, 5) is 15.6. The maximum atomic E-state index is 11.6. The number of carbonyl (C=O) groups excluding carboxylic acids is 1. The first-order valence-corrected chi connectivity index (χ1v) is 5.45. The highest BCUT2D eigenvalue weighted by molar-refractivity contribution is 5.90. The van der Waals surface area contributed by atoms with Crippen LogP contribution in [0.3, 0.4) is 0 Å². The maximum absolute atomic E-state index is 11.6. The number of amides is 1. The van der Waals surface area contributed by atoms with E-state index >= 15 is 0 Å². The van der Waals surface area contributed by atoms with Crippen LogP contribution in [0, 0.1) is 6.92 Å². The van der Waals surface area contributed by atoms with Crippen LogP contribution in [0.25, 0.3) is 0 Å². The van der Waals surface area contributed by atoms with Gasteiger partial charge in [-0.3, -0.25) is 9.89 Å². The Labute approximate surface area is 98.9 Å². The summed E-state index contributed by atoms with van der Waals surface area (Å²) in [6.07, 6.45) is -0.131. The summed E-state index contributed by atoms with van der Waals surface area (Å²) in [6.45, 7) is 6.28. The van der Waals surface area contributed by atoms with E-state index in [1.807, 2.05) is 13.8 Å². The van der Waals surface area contributed by atoms with E-state index in [0.717, 1.165) is 0 Å². The number of aromatic nitrogens is 3. The van der Waals surface area contributed by atoms with Crippen LogP contribution in [-0.4, -0.2) is 46.1 Å². The molecule has 0 spiro atoms. The lowest BCUT2D eigenvalue weighted by molar-refractivity contribution is -0.137. The van der Waals surface area contributed by atoms with E-state index in [2.05, 4.69) is 20.5 Å². The van der Waals surface area contributed by atoms with Gasteiger partial charge in [-0.2, -0.15) is 0 Å². The molecule has 1 saturated heterocycles. The molecule has 7 nitrogen and oxygen atoms in total. The summed E-state index contributed by atoms with van der Waals surface area (Å²) in [5.41, 5.74) is 0. The third kappa shape index (κ3) is 3.01. The molecule has 0 aromatic carbocycles. The predicted octanol–water partition coefficient (Wildman–Crippen LogP) is -0.00558. The molecule has 1 unspecified atom stereocenters. The standard InChI is InChI=1S/C10H16N4O3/c1-6-12-8(14-13-6)9(15)11-4-7-5-16-10(2,3)17-7/h7H,4-5H2,1-3H3,(H,11,15)(H,12,13,14). The summed E-state index contributed by atoms with van der Waals surface area (Å²) in [5, 5.41) is 9.09. The largest absolute Gasteiger partial charge is 0.348 e. The van der Waals surface area contributed by atoms with Gasteiger partial charge in [0.1, 0.15) is 11.9 Å². The number of nitrogens with zero attached hydrogens (tertiary/aromatic N) is 2. The summed E-state index contributed by atoms with van der Waals surface area (Å²) in [7, 11) is 0. The molecule has 1 aromatic rings. The van der Waals surface area contributed by atoms with Crippen molar-refractivity contribution in [1.29, 1.82) is 0 Å². The first-order valence-electron chi connectivity index (χ1n) is 5.45. The third-order valence-corrected chi connectivity index (χ3v) is 2.36. The van der Waals surface area contributed by atoms with Gasteiger partial charge < -0.3 is 14.8 Å². The number of aryl methyl sites for hydroxylation is 1. The summed E-state index contributed by atoms with van der Waals surface area (Å²) < 4.78 is 10.9. The van der Waals surface area contributed by atoms with Crippen molar-refractivity contribution < 1.29 is 14.3 Å². The normalized spacial score (nSPS) is 22.6. The molecule has 1 atom stereocenters. The van der Waals surface area contributed by atoms with E-state index in [0.29, 0.717) is 19.0 Å². The molecule has 0 saturated carbocycles. The SMILES string of the molecule is Cc1nc(C(=O)NCC2COC(C)(C)O2)n[nH]1. The van der Waals surface area contributed by atoms with E-state index in [-0.39, 0.29) is 17.8 Å². The number of hydrogen-bond donors (Lipinski definition) is 2. The second-order valence-electron chi connectivity index (χ2n) is 4.41. The molecule has 94 valence electrons. The number of hydrogen-bond acceptors (Lipinski definition) is 5. The maximum Gasteiger partial charge on any atom is 0.291 e. The molecule has 0 radical (unpaired) electrons. The topological polar surface area (TPSA) is 89.1 Å². The van der Waals surface area contributed by atoms with Gasteiger partial charge in [-0.1, -0.05) is 0 Å². The Morgan fingerprint density at radius 2 is 2.41 bits per heavy atom. The average molecular weight is 240 g/mol. The van der Waals surface area contributed by atoms with Crippen molar-refractivity contribution in [2.24, 2.45) is 0 Å². The summed E-state index contributed by atoms with van der Waals surface area (Å²) in [5.74, 6) is -0.142. The number of aromatic amines is 1. The molecular formula is C10H16N4O3. The molecule has 0 aliphatic carbocycles. The van der Waals surface area contributed by atoms with Gasteiger partial charge in [-0.15, -0.1) is 5.10 Å². The smallest absolute Gasteiger partial charge is 0.291 e. The summed E-state index contributed by atoms with van der Waals surface area (Å²) >= 11 is 0. The quantitative estimate of drug-likeness (QED) is 0.776. The van der Waals surface area contributed by atoms with Gasteiger partial charge in [0.05, 0.1) is 6.61 Å². The molecule has 2 N–H and O–H groups in total. The molecule has 2 rings (SSSR count). The van der Waals surface area contributed by atoms with Crippen LogP contribution in [0.1, 0.15) is 30.3 Å². The fourth-order valence-electron chi connectivity index (χ4n) is 1.59. The zero-order valence-electron chi connectivity index (χ0n) is 10.1. The number of ether oxygens (including phenoxy) is 2. The Bertz CT molecular complexity index is 415. The van der Waals surface area contributed by atoms with Gasteiger partial charge in [0.15, 0.2) is 5.79 Å². The average Bonchev–Trinajstić information content (AvgIpc) is 2.81.